The molecule has 2 atom stereocenters. The quantitative estimate of drug-likeness (QED) is 0.702. The number of hydrogen-bond donors (Lipinski definition) is 3. The molecule has 17 heavy (non-hydrogen) atoms. The molecule has 5 heteroatoms. The van der Waals surface area contributed by atoms with E-state index in [2.05, 4.69) is 24.5 Å². The lowest BCUT2D eigenvalue weighted by Gasteiger charge is -2.19. The highest BCUT2D eigenvalue weighted by atomic mass is 16.4. The van der Waals surface area contributed by atoms with Crippen LogP contribution in [0.15, 0.2) is 0 Å². The lowest BCUT2D eigenvalue weighted by atomic mass is 9.92. The molecular formula is C12H22N2O3. The first-order valence-electron chi connectivity index (χ1n) is 6.14. The van der Waals surface area contributed by atoms with Gasteiger partial charge < -0.3 is 15.7 Å². The van der Waals surface area contributed by atoms with E-state index in [1.165, 1.54) is 0 Å². The van der Waals surface area contributed by atoms with Crippen LogP contribution in [0.25, 0.3) is 0 Å². The average molecular weight is 242 g/mol. The zero-order chi connectivity index (χ0) is 13.1. The number of nitrogens with one attached hydrogen (secondary N) is 2. The molecule has 1 saturated carbocycles. The van der Waals surface area contributed by atoms with Gasteiger partial charge in [0.2, 0.25) is 0 Å². The first-order valence-corrected chi connectivity index (χ1v) is 6.14. The van der Waals surface area contributed by atoms with E-state index in [-0.39, 0.29) is 17.5 Å². The van der Waals surface area contributed by atoms with Crippen molar-refractivity contribution in [3.05, 3.63) is 0 Å². The smallest absolute Gasteiger partial charge is 0.326 e. The van der Waals surface area contributed by atoms with E-state index in [1.807, 2.05) is 0 Å². The maximum atomic E-state index is 11.6. The summed E-state index contributed by atoms with van der Waals surface area (Å²) in [5.41, 5.74) is 0.273. The van der Waals surface area contributed by atoms with Crippen molar-refractivity contribution in [3.8, 4) is 0 Å². The van der Waals surface area contributed by atoms with E-state index in [1.54, 1.807) is 6.92 Å². The van der Waals surface area contributed by atoms with Gasteiger partial charge in [0.15, 0.2) is 0 Å². The largest absolute Gasteiger partial charge is 0.480 e. The van der Waals surface area contributed by atoms with Gasteiger partial charge in [0, 0.05) is 6.04 Å². The van der Waals surface area contributed by atoms with Crippen LogP contribution in [0.5, 0.6) is 0 Å². The Labute approximate surface area is 102 Å². The molecule has 0 aromatic carbocycles. The predicted octanol–water partition coefficient (Wildman–Crippen LogP) is 1.73. The minimum absolute atomic E-state index is 0.163. The molecule has 0 aromatic heterocycles. The van der Waals surface area contributed by atoms with Gasteiger partial charge >= 0.3 is 12.0 Å². The summed E-state index contributed by atoms with van der Waals surface area (Å²) in [6.07, 6.45) is 3.39. The molecule has 1 rings (SSSR count). The standard InChI is InChI=1S/C12H22N2O3/c1-4-9(10(15)16)14-11(17)13-8-5-6-12(2,3)7-8/h8-9H,4-7H2,1-3H3,(H,15,16)(H2,13,14,17). The molecule has 0 aromatic rings. The Kier molecular flexibility index (Phi) is 4.37. The first-order chi connectivity index (χ1) is 7.84. The van der Waals surface area contributed by atoms with E-state index >= 15 is 0 Å². The Hall–Kier alpha value is -1.26. The van der Waals surface area contributed by atoms with Crippen LogP contribution in [0.1, 0.15) is 46.5 Å². The van der Waals surface area contributed by atoms with Crippen molar-refractivity contribution in [3.63, 3.8) is 0 Å². The van der Waals surface area contributed by atoms with E-state index in [0.717, 1.165) is 19.3 Å². The van der Waals surface area contributed by atoms with Crippen LogP contribution < -0.4 is 10.6 Å². The van der Waals surface area contributed by atoms with Crippen molar-refractivity contribution in [1.29, 1.82) is 0 Å². The van der Waals surface area contributed by atoms with Gasteiger partial charge in [0.05, 0.1) is 0 Å². The molecule has 98 valence electrons. The zero-order valence-electron chi connectivity index (χ0n) is 10.7. The lowest BCUT2D eigenvalue weighted by molar-refractivity contribution is -0.139. The summed E-state index contributed by atoms with van der Waals surface area (Å²) < 4.78 is 0. The fourth-order valence-corrected chi connectivity index (χ4v) is 2.28. The molecule has 0 spiro atoms. The Bertz CT molecular complexity index is 302. The number of carbonyl (C=O) groups is 2. The third kappa shape index (κ3) is 4.24. The predicted molar refractivity (Wildman–Crippen MR) is 64.8 cm³/mol. The maximum absolute atomic E-state index is 11.6. The molecule has 0 saturated heterocycles. The second-order valence-corrected chi connectivity index (χ2v) is 5.52. The van der Waals surface area contributed by atoms with Crippen molar-refractivity contribution >= 4 is 12.0 Å². The SMILES string of the molecule is CCC(NC(=O)NC1CCC(C)(C)C1)C(=O)O. The van der Waals surface area contributed by atoms with Gasteiger partial charge in [-0.15, -0.1) is 0 Å². The Morgan fingerprint density at radius 1 is 1.47 bits per heavy atom. The summed E-state index contributed by atoms with van der Waals surface area (Å²) in [4.78, 5) is 22.4. The molecule has 0 bridgehead atoms. The summed E-state index contributed by atoms with van der Waals surface area (Å²) in [6.45, 7) is 6.09. The third-order valence-electron chi connectivity index (χ3n) is 3.32. The fourth-order valence-electron chi connectivity index (χ4n) is 2.28. The highest BCUT2D eigenvalue weighted by Gasteiger charge is 2.32. The van der Waals surface area contributed by atoms with Crippen molar-refractivity contribution in [1.82, 2.24) is 10.6 Å². The van der Waals surface area contributed by atoms with Gasteiger partial charge in [0.1, 0.15) is 6.04 Å². The van der Waals surface area contributed by atoms with E-state index in [0.29, 0.717) is 6.42 Å². The van der Waals surface area contributed by atoms with Crippen LogP contribution in [0.4, 0.5) is 4.79 Å². The highest BCUT2D eigenvalue weighted by Crippen LogP contribution is 2.36. The molecular weight excluding hydrogens is 220 g/mol. The number of rotatable bonds is 4. The minimum Gasteiger partial charge on any atom is -0.480 e. The molecule has 0 radical (unpaired) electrons. The third-order valence-corrected chi connectivity index (χ3v) is 3.32. The van der Waals surface area contributed by atoms with Crippen LogP contribution in [0, 0.1) is 5.41 Å². The molecule has 5 nitrogen and oxygen atoms in total. The van der Waals surface area contributed by atoms with Crippen molar-refractivity contribution < 1.29 is 14.7 Å². The molecule has 1 aliphatic rings. The molecule has 2 amide bonds. The molecule has 2 unspecified atom stereocenters. The van der Waals surface area contributed by atoms with E-state index in [9.17, 15) is 9.59 Å². The monoisotopic (exact) mass is 242 g/mol. The van der Waals surface area contributed by atoms with Crippen LogP contribution in [0.2, 0.25) is 0 Å². The summed E-state index contributed by atoms with van der Waals surface area (Å²) in [5, 5.41) is 14.1. The zero-order valence-corrected chi connectivity index (χ0v) is 10.7. The normalized spacial score (nSPS) is 24.1. The fraction of sp³-hybridized carbons (Fsp3) is 0.833. The Morgan fingerprint density at radius 3 is 2.53 bits per heavy atom. The first kappa shape index (κ1) is 13.8. The van der Waals surface area contributed by atoms with Gasteiger partial charge in [0.25, 0.3) is 0 Å². The summed E-state index contributed by atoms with van der Waals surface area (Å²) in [5.74, 6) is -0.991. The molecule has 0 heterocycles. The summed E-state index contributed by atoms with van der Waals surface area (Å²) in [7, 11) is 0. The Balaban J connectivity index is 2.37. The van der Waals surface area contributed by atoms with Crippen molar-refractivity contribution in [2.75, 3.05) is 0 Å². The van der Waals surface area contributed by atoms with Crippen LogP contribution in [-0.2, 0) is 4.79 Å². The highest BCUT2D eigenvalue weighted by molar-refractivity contribution is 5.82. The number of carboxylic acids is 1. The average Bonchev–Trinajstić information content (AvgIpc) is 2.54. The second kappa shape index (κ2) is 5.38. The molecule has 1 aliphatic carbocycles. The summed E-state index contributed by atoms with van der Waals surface area (Å²) in [6, 6.07) is -1.01. The van der Waals surface area contributed by atoms with Gasteiger partial charge in [-0.2, -0.15) is 0 Å². The van der Waals surface area contributed by atoms with Crippen molar-refractivity contribution in [2.45, 2.75) is 58.5 Å². The van der Waals surface area contributed by atoms with E-state index < -0.39 is 12.0 Å². The van der Waals surface area contributed by atoms with Crippen LogP contribution in [0.3, 0.4) is 0 Å². The number of carboxylic acid groups (broad SMARTS) is 1. The molecule has 0 aliphatic heterocycles. The van der Waals surface area contributed by atoms with Gasteiger partial charge in [-0.1, -0.05) is 20.8 Å². The van der Waals surface area contributed by atoms with Crippen molar-refractivity contribution in [2.24, 2.45) is 5.41 Å². The summed E-state index contributed by atoms with van der Waals surface area (Å²) >= 11 is 0. The van der Waals surface area contributed by atoms with Gasteiger partial charge in [-0.3, -0.25) is 0 Å². The van der Waals surface area contributed by atoms with Gasteiger partial charge in [-0.05, 0) is 31.1 Å². The van der Waals surface area contributed by atoms with Gasteiger partial charge in [-0.25, -0.2) is 9.59 Å². The number of hydrogen-bond acceptors (Lipinski definition) is 2. The molecule has 3 N–H and O–H groups in total. The maximum Gasteiger partial charge on any atom is 0.326 e. The second-order valence-electron chi connectivity index (χ2n) is 5.52. The number of carbonyl (C=O) groups excluding carboxylic acids is 1. The number of urea groups is 1. The number of amides is 2. The lowest BCUT2D eigenvalue weighted by Crippen LogP contribution is -2.48. The number of aliphatic carboxylic acids is 1. The Morgan fingerprint density at radius 2 is 2.12 bits per heavy atom. The van der Waals surface area contributed by atoms with E-state index in [4.69, 9.17) is 5.11 Å². The van der Waals surface area contributed by atoms with Crippen LogP contribution in [-0.4, -0.2) is 29.2 Å². The molecule has 1 fully saturated rings. The van der Waals surface area contributed by atoms with Crippen LogP contribution >= 0.6 is 0 Å². The topological polar surface area (TPSA) is 78.4 Å². The minimum atomic E-state index is -0.991.